The summed E-state index contributed by atoms with van der Waals surface area (Å²) in [5.74, 6) is -1.93. The molecule has 0 saturated carbocycles. The number of Topliss-reactive ketones (excluding diaryl/α,β-unsaturated/α-hetero) is 1. The van der Waals surface area contributed by atoms with Gasteiger partial charge in [-0.1, -0.05) is 30.3 Å². The van der Waals surface area contributed by atoms with E-state index in [2.05, 4.69) is 24.6 Å². The van der Waals surface area contributed by atoms with E-state index in [9.17, 15) is 28.2 Å². The molecule has 0 aliphatic heterocycles. The fourth-order valence-electron chi connectivity index (χ4n) is 3.64. The highest BCUT2D eigenvalue weighted by Crippen LogP contribution is 2.32. The summed E-state index contributed by atoms with van der Waals surface area (Å²) < 4.78 is 27.9. The van der Waals surface area contributed by atoms with E-state index < -0.39 is 40.5 Å². The summed E-state index contributed by atoms with van der Waals surface area (Å²) in [4.78, 5) is 33.5. The van der Waals surface area contributed by atoms with Crippen molar-refractivity contribution in [3.63, 3.8) is 0 Å². The van der Waals surface area contributed by atoms with Gasteiger partial charge in [-0.3, -0.25) is 18.5 Å². The molecule has 0 fully saturated rings. The molecule has 0 unspecified atom stereocenters. The highest BCUT2D eigenvalue weighted by molar-refractivity contribution is 7.84. The standard InChI is InChI=1S/C22H22N6O7S/c23-36(33,34)35-11-14-8-17(21(32)19(14)30)26-22-15(9-24-12-25-22)20(31)16-6-7-28(27-16)10-18(29)13-4-2-1-3-5-13/h1-7,9,12,14,19,30,32H,8,10-11H2,(H2,23,33,34)(H,24,25,26)/t14-,19-/m1/s1. The molecule has 36 heavy (non-hydrogen) atoms. The molecule has 14 heteroatoms. The summed E-state index contributed by atoms with van der Waals surface area (Å²) in [5, 5.41) is 32.3. The number of allylic oxidation sites excluding steroid dienone is 1. The van der Waals surface area contributed by atoms with Crippen molar-refractivity contribution in [3.05, 3.63) is 83.4 Å². The van der Waals surface area contributed by atoms with Crippen LogP contribution in [0.1, 0.15) is 32.8 Å². The van der Waals surface area contributed by atoms with Gasteiger partial charge in [-0.15, -0.1) is 0 Å². The summed E-state index contributed by atoms with van der Waals surface area (Å²) in [6.07, 6.45) is 2.53. The fraction of sp³-hybridized carbons (Fsp3) is 0.227. The minimum absolute atomic E-state index is 0.00359. The van der Waals surface area contributed by atoms with Gasteiger partial charge in [-0.25, -0.2) is 15.1 Å². The molecular formula is C22H22N6O7S. The number of aliphatic hydroxyl groups excluding tert-OH is 2. The number of carbonyl (C=O) groups is 2. The Morgan fingerprint density at radius 2 is 1.97 bits per heavy atom. The Bertz CT molecular complexity index is 1420. The van der Waals surface area contributed by atoms with Crippen LogP contribution in [-0.2, 0) is 21.0 Å². The van der Waals surface area contributed by atoms with Crippen molar-refractivity contribution in [1.29, 1.82) is 0 Å². The van der Waals surface area contributed by atoms with E-state index in [4.69, 9.17) is 5.14 Å². The molecule has 13 nitrogen and oxygen atoms in total. The molecule has 1 aliphatic carbocycles. The third-order valence-electron chi connectivity index (χ3n) is 5.45. The normalized spacial score (nSPS) is 17.8. The number of nitrogens with one attached hydrogen (secondary N) is 1. The van der Waals surface area contributed by atoms with Crippen LogP contribution in [0.4, 0.5) is 5.82 Å². The molecule has 0 spiro atoms. The minimum Gasteiger partial charge on any atom is -0.508 e. The average Bonchev–Trinajstić information content (AvgIpc) is 3.43. The highest BCUT2D eigenvalue weighted by Gasteiger charge is 2.35. The molecule has 0 amide bonds. The number of ketones is 2. The van der Waals surface area contributed by atoms with E-state index in [1.165, 1.54) is 29.5 Å². The molecule has 5 N–H and O–H groups in total. The van der Waals surface area contributed by atoms with Crippen molar-refractivity contribution in [2.24, 2.45) is 11.1 Å². The lowest BCUT2D eigenvalue weighted by Gasteiger charge is -2.13. The third kappa shape index (κ3) is 5.80. The molecule has 4 rings (SSSR count). The maximum Gasteiger partial charge on any atom is 0.333 e. The molecule has 1 aromatic carbocycles. The van der Waals surface area contributed by atoms with Gasteiger partial charge in [0, 0.05) is 23.9 Å². The molecule has 2 heterocycles. The van der Waals surface area contributed by atoms with E-state index in [1.807, 2.05) is 0 Å². The number of carbonyl (C=O) groups excluding carboxylic acids is 2. The quantitative estimate of drug-likeness (QED) is 0.276. The van der Waals surface area contributed by atoms with Gasteiger partial charge in [-0.2, -0.15) is 13.5 Å². The number of nitrogens with two attached hydrogens (primary N) is 1. The van der Waals surface area contributed by atoms with Crippen LogP contribution in [0.3, 0.4) is 0 Å². The van der Waals surface area contributed by atoms with Crippen molar-refractivity contribution in [2.45, 2.75) is 19.1 Å². The van der Waals surface area contributed by atoms with Crippen molar-refractivity contribution in [2.75, 3.05) is 11.9 Å². The average molecular weight is 515 g/mol. The number of rotatable bonds is 10. The number of hydrogen-bond acceptors (Lipinski definition) is 11. The number of aliphatic hydroxyl groups is 2. The van der Waals surface area contributed by atoms with Gasteiger partial charge in [0.15, 0.2) is 5.78 Å². The van der Waals surface area contributed by atoms with Gasteiger partial charge in [0.25, 0.3) is 0 Å². The van der Waals surface area contributed by atoms with Crippen molar-refractivity contribution >= 4 is 27.7 Å². The smallest absolute Gasteiger partial charge is 0.333 e. The van der Waals surface area contributed by atoms with Crippen LogP contribution < -0.4 is 10.5 Å². The number of nitrogens with zero attached hydrogens (tertiary/aromatic N) is 4. The Morgan fingerprint density at radius 1 is 1.22 bits per heavy atom. The van der Waals surface area contributed by atoms with Crippen LogP contribution in [-0.4, -0.2) is 62.7 Å². The summed E-state index contributed by atoms with van der Waals surface area (Å²) in [6.45, 7) is -0.516. The Labute approximate surface area is 205 Å². The molecule has 2 aromatic heterocycles. The Hall–Kier alpha value is -3.98. The van der Waals surface area contributed by atoms with Crippen LogP contribution in [0.15, 0.2) is 66.6 Å². The largest absolute Gasteiger partial charge is 0.508 e. The minimum atomic E-state index is -4.23. The number of aromatic nitrogens is 4. The number of anilines is 1. The SMILES string of the molecule is NS(=O)(=O)OC[C@H]1CC(Nc2ncncc2C(=O)c2ccn(CC(=O)c3ccccc3)n2)=C(O)[C@@H]1O. The van der Waals surface area contributed by atoms with Crippen LogP contribution in [0.5, 0.6) is 0 Å². The summed E-state index contributed by atoms with van der Waals surface area (Å²) >= 11 is 0. The van der Waals surface area contributed by atoms with Gasteiger partial charge < -0.3 is 15.5 Å². The van der Waals surface area contributed by atoms with Crippen molar-refractivity contribution < 1.29 is 32.4 Å². The van der Waals surface area contributed by atoms with Crippen molar-refractivity contribution in [3.8, 4) is 0 Å². The first-order valence-electron chi connectivity index (χ1n) is 10.6. The zero-order valence-electron chi connectivity index (χ0n) is 18.7. The van der Waals surface area contributed by atoms with E-state index in [-0.39, 0.29) is 41.5 Å². The zero-order valence-corrected chi connectivity index (χ0v) is 19.5. The first kappa shape index (κ1) is 25.1. The summed E-state index contributed by atoms with van der Waals surface area (Å²) in [5.41, 5.74) is 0.703. The molecule has 0 bridgehead atoms. The van der Waals surface area contributed by atoms with Crippen LogP contribution >= 0.6 is 0 Å². The second-order valence-electron chi connectivity index (χ2n) is 7.98. The lowest BCUT2D eigenvalue weighted by Crippen LogP contribution is -2.26. The number of benzene rings is 1. The Balaban J connectivity index is 1.48. The lowest BCUT2D eigenvalue weighted by molar-refractivity contribution is 0.0865. The van der Waals surface area contributed by atoms with E-state index in [0.29, 0.717) is 5.56 Å². The first-order valence-corrected chi connectivity index (χ1v) is 12.1. The maximum absolute atomic E-state index is 13.1. The Morgan fingerprint density at radius 3 is 2.69 bits per heavy atom. The van der Waals surface area contributed by atoms with Gasteiger partial charge in [-0.05, 0) is 12.5 Å². The van der Waals surface area contributed by atoms with Gasteiger partial charge >= 0.3 is 10.3 Å². The zero-order chi connectivity index (χ0) is 25.9. The predicted molar refractivity (Wildman–Crippen MR) is 125 cm³/mol. The van der Waals surface area contributed by atoms with E-state index in [0.717, 1.165) is 0 Å². The summed E-state index contributed by atoms with van der Waals surface area (Å²) in [7, 11) is -4.23. The molecule has 1 aliphatic rings. The van der Waals surface area contributed by atoms with Crippen LogP contribution in [0.2, 0.25) is 0 Å². The van der Waals surface area contributed by atoms with Crippen LogP contribution in [0.25, 0.3) is 0 Å². The molecule has 2 atom stereocenters. The summed E-state index contributed by atoms with van der Waals surface area (Å²) in [6, 6.07) is 10.1. The van der Waals surface area contributed by atoms with Crippen molar-refractivity contribution in [1.82, 2.24) is 19.7 Å². The highest BCUT2D eigenvalue weighted by atomic mass is 32.2. The van der Waals surface area contributed by atoms with Gasteiger partial charge in [0.05, 0.1) is 17.9 Å². The predicted octanol–water partition coefficient (Wildman–Crippen LogP) is 0.569. The second-order valence-corrected chi connectivity index (χ2v) is 9.20. The maximum atomic E-state index is 13.1. The lowest BCUT2D eigenvalue weighted by atomic mass is 10.1. The van der Waals surface area contributed by atoms with Gasteiger partial charge in [0.1, 0.15) is 36.2 Å². The fourth-order valence-corrected chi connectivity index (χ4v) is 4.00. The number of hydrogen-bond donors (Lipinski definition) is 4. The second kappa shape index (κ2) is 10.3. The van der Waals surface area contributed by atoms with E-state index >= 15 is 0 Å². The third-order valence-corrected chi connectivity index (χ3v) is 5.91. The molecule has 0 saturated heterocycles. The van der Waals surface area contributed by atoms with E-state index in [1.54, 1.807) is 30.3 Å². The Kier molecular flexibility index (Phi) is 7.21. The monoisotopic (exact) mass is 514 g/mol. The molecule has 0 radical (unpaired) electrons. The molecule has 3 aromatic rings. The van der Waals surface area contributed by atoms with Crippen LogP contribution in [0, 0.1) is 5.92 Å². The van der Waals surface area contributed by atoms with Gasteiger partial charge in [0.2, 0.25) is 5.78 Å². The topological polar surface area (TPSA) is 200 Å². The first-order chi connectivity index (χ1) is 17.1. The molecular weight excluding hydrogens is 492 g/mol. The molecule has 188 valence electrons.